The predicted octanol–water partition coefficient (Wildman–Crippen LogP) is 3.89. The molecule has 0 spiro atoms. The second-order valence-corrected chi connectivity index (χ2v) is 6.99. The molecular formula is C24H19FN2O3. The first kappa shape index (κ1) is 19.5. The zero-order valence-corrected chi connectivity index (χ0v) is 16.0. The minimum absolute atomic E-state index is 0.0176. The van der Waals surface area contributed by atoms with Crippen molar-refractivity contribution in [2.75, 3.05) is 6.54 Å². The minimum atomic E-state index is -0.799. The van der Waals surface area contributed by atoms with Gasteiger partial charge in [0.05, 0.1) is 11.3 Å². The third kappa shape index (κ3) is 3.72. The molecule has 2 heterocycles. The SMILES string of the molecule is O=C1C(=O)N(CCc2ccc(F)cc2)C(c2ccccn2)/C1=C(/O)c1ccccc1. The molecule has 1 unspecified atom stereocenters. The molecule has 3 aromatic rings. The lowest BCUT2D eigenvalue weighted by Crippen LogP contribution is -2.32. The molecule has 0 radical (unpaired) electrons. The molecule has 4 rings (SSSR count). The van der Waals surface area contributed by atoms with Crippen LogP contribution in [0.25, 0.3) is 5.76 Å². The average molecular weight is 402 g/mol. The number of halogens is 1. The number of likely N-dealkylation sites (tertiary alicyclic amines) is 1. The van der Waals surface area contributed by atoms with Gasteiger partial charge in [-0.05, 0) is 36.2 Å². The number of Topliss-reactive ketones (excluding diaryl/α,β-unsaturated/α-hetero) is 1. The summed E-state index contributed by atoms with van der Waals surface area (Å²) in [5, 5.41) is 10.9. The normalized spacial score (nSPS) is 18.0. The van der Waals surface area contributed by atoms with Crippen molar-refractivity contribution in [1.29, 1.82) is 0 Å². The van der Waals surface area contributed by atoms with Crippen molar-refractivity contribution in [1.82, 2.24) is 9.88 Å². The van der Waals surface area contributed by atoms with E-state index in [1.165, 1.54) is 17.0 Å². The van der Waals surface area contributed by atoms with Gasteiger partial charge < -0.3 is 10.0 Å². The molecule has 5 nitrogen and oxygen atoms in total. The van der Waals surface area contributed by atoms with E-state index in [0.717, 1.165) is 5.56 Å². The smallest absolute Gasteiger partial charge is 0.295 e. The summed E-state index contributed by atoms with van der Waals surface area (Å²) >= 11 is 0. The van der Waals surface area contributed by atoms with Crippen LogP contribution in [0.15, 0.2) is 84.6 Å². The predicted molar refractivity (Wildman–Crippen MR) is 110 cm³/mol. The number of aromatic nitrogens is 1. The van der Waals surface area contributed by atoms with Crippen LogP contribution in [0.4, 0.5) is 4.39 Å². The van der Waals surface area contributed by atoms with E-state index in [2.05, 4.69) is 4.98 Å². The highest BCUT2D eigenvalue weighted by molar-refractivity contribution is 6.46. The largest absolute Gasteiger partial charge is 0.507 e. The van der Waals surface area contributed by atoms with Crippen molar-refractivity contribution in [3.05, 3.63) is 107 Å². The second-order valence-electron chi connectivity index (χ2n) is 6.99. The summed E-state index contributed by atoms with van der Waals surface area (Å²) < 4.78 is 13.2. The maximum absolute atomic E-state index is 13.2. The molecular weight excluding hydrogens is 383 g/mol. The van der Waals surface area contributed by atoms with E-state index in [9.17, 15) is 19.1 Å². The van der Waals surface area contributed by atoms with Crippen molar-refractivity contribution in [2.24, 2.45) is 0 Å². The van der Waals surface area contributed by atoms with Gasteiger partial charge in [0, 0.05) is 18.3 Å². The number of carbonyl (C=O) groups is 2. The Morgan fingerprint density at radius 2 is 1.67 bits per heavy atom. The monoisotopic (exact) mass is 402 g/mol. The van der Waals surface area contributed by atoms with Crippen molar-refractivity contribution < 1.29 is 19.1 Å². The van der Waals surface area contributed by atoms with Gasteiger partial charge in [-0.3, -0.25) is 14.6 Å². The molecule has 1 amide bonds. The van der Waals surface area contributed by atoms with Crippen LogP contribution in [0.1, 0.15) is 22.9 Å². The zero-order valence-electron chi connectivity index (χ0n) is 16.0. The van der Waals surface area contributed by atoms with Crippen LogP contribution in [-0.4, -0.2) is 33.2 Å². The molecule has 2 aromatic carbocycles. The summed E-state index contributed by atoms with van der Waals surface area (Å²) in [4.78, 5) is 31.5. The fourth-order valence-corrected chi connectivity index (χ4v) is 3.61. The van der Waals surface area contributed by atoms with Gasteiger partial charge in [0.25, 0.3) is 11.7 Å². The van der Waals surface area contributed by atoms with Crippen molar-refractivity contribution in [3.63, 3.8) is 0 Å². The molecule has 0 saturated carbocycles. The summed E-state index contributed by atoms with van der Waals surface area (Å²) in [6, 6.07) is 19.1. The first-order valence-electron chi connectivity index (χ1n) is 9.55. The average Bonchev–Trinajstić information content (AvgIpc) is 3.04. The van der Waals surface area contributed by atoms with Gasteiger partial charge in [-0.2, -0.15) is 0 Å². The van der Waals surface area contributed by atoms with E-state index >= 15 is 0 Å². The summed E-state index contributed by atoms with van der Waals surface area (Å²) in [6.45, 7) is 0.225. The molecule has 0 aliphatic carbocycles. The number of aliphatic hydroxyl groups excluding tert-OH is 1. The van der Waals surface area contributed by atoms with Crippen LogP contribution in [-0.2, 0) is 16.0 Å². The molecule has 1 aromatic heterocycles. The number of hydrogen-bond acceptors (Lipinski definition) is 4. The van der Waals surface area contributed by atoms with Gasteiger partial charge in [0.15, 0.2) is 0 Å². The molecule has 0 bridgehead atoms. The van der Waals surface area contributed by atoms with Gasteiger partial charge in [-0.1, -0.05) is 48.5 Å². The highest BCUT2D eigenvalue weighted by Crippen LogP contribution is 2.38. The fraction of sp³-hybridized carbons (Fsp3) is 0.125. The lowest BCUT2D eigenvalue weighted by molar-refractivity contribution is -0.139. The standard InChI is InChI=1S/C24H19FN2O3/c25-18-11-9-16(10-12-18)13-15-27-21(19-8-4-5-14-26-19)20(23(29)24(27)30)22(28)17-6-2-1-3-7-17/h1-12,14,21,28H,13,15H2/b22-20-. The van der Waals surface area contributed by atoms with E-state index in [4.69, 9.17) is 0 Å². The maximum atomic E-state index is 13.2. The topological polar surface area (TPSA) is 70.5 Å². The maximum Gasteiger partial charge on any atom is 0.295 e. The van der Waals surface area contributed by atoms with Gasteiger partial charge in [-0.25, -0.2) is 4.39 Å². The summed E-state index contributed by atoms with van der Waals surface area (Å²) in [7, 11) is 0. The Bertz CT molecular complexity index is 1100. The lowest BCUT2D eigenvalue weighted by Gasteiger charge is -2.24. The third-order valence-electron chi connectivity index (χ3n) is 5.11. The molecule has 1 fully saturated rings. The van der Waals surface area contributed by atoms with Crippen LogP contribution < -0.4 is 0 Å². The van der Waals surface area contributed by atoms with Gasteiger partial charge in [0.1, 0.15) is 17.6 Å². The Morgan fingerprint density at radius 1 is 0.967 bits per heavy atom. The van der Waals surface area contributed by atoms with Crippen molar-refractivity contribution >= 4 is 17.4 Å². The van der Waals surface area contributed by atoms with Crippen LogP contribution in [0.3, 0.4) is 0 Å². The second kappa shape index (κ2) is 8.29. The number of pyridine rings is 1. The fourth-order valence-electron chi connectivity index (χ4n) is 3.61. The highest BCUT2D eigenvalue weighted by atomic mass is 19.1. The van der Waals surface area contributed by atoms with Gasteiger partial charge >= 0.3 is 0 Å². The summed E-state index contributed by atoms with van der Waals surface area (Å²) in [5.41, 5.74) is 1.80. The third-order valence-corrected chi connectivity index (χ3v) is 5.11. The Morgan fingerprint density at radius 3 is 2.33 bits per heavy atom. The Kier molecular flexibility index (Phi) is 5.39. The van der Waals surface area contributed by atoms with Crippen molar-refractivity contribution in [3.8, 4) is 0 Å². The van der Waals surface area contributed by atoms with E-state index in [1.807, 2.05) is 0 Å². The van der Waals surface area contributed by atoms with E-state index in [0.29, 0.717) is 17.7 Å². The van der Waals surface area contributed by atoms with E-state index in [1.54, 1.807) is 66.9 Å². The van der Waals surface area contributed by atoms with Gasteiger partial charge in [-0.15, -0.1) is 0 Å². The number of amides is 1. The molecule has 30 heavy (non-hydrogen) atoms. The number of hydrogen-bond donors (Lipinski definition) is 1. The molecule has 1 atom stereocenters. The zero-order chi connectivity index (χ0) is 21.1. The molecule has 1 aliphatic rings. The van der Waals surface area contributed by atoms with Crippen molar-refractivity contribution in [2.45, 2.75) is 12.5 Å². The van der Waals surface area contributed by atoms with Crippen LogP contribution in [0.2, 0.25) is 0 Å². The number of rotatable bonds is 5. The van der Waals surface area contributed by atoms with Crippen LogP contribution >= 0.6 is 0 Å². The Labute approximate surface area is 173 Å². The lowest BCUT2D eigenvalue weighted by atomic mass is 9.98. The number of ketones is 1. The number of carbonyl (C=O) groups excluding carboxylic acids is 2. The minimum Gasteiger partial charge on any atom is -0.507 e. The summed E-state index contributed by atoms with van der Waals surface area (Å²) in [5.74, 6) is -2.00. The molecule has 1 aliphatic heterocycles. The molecule has 1 saturated heterocycles. The molecule has 150 valence electrons. The van der Waals surface area contributed by atoms with Crippen LogP contribution in [0, 0.1) is 5.82 Å². The quantitative estimate of drug-likeness (QED) is 0.399. The number of benzene rings is 2. The molecule has 6 heteroatoms. The Hall–Kier alpha value is -3.80. The summed E-state index contributed by atoms with van der Waals surface area (Å²) in [6.07, 6.45) is 2.01. The molecule has 1 N–H and O–H groups in total. The Balaban J connectivity index is 1.74. The first-order chi connectivity index (χ1) is 14.6. The number of nitrogens with zero attached hydrogens (tertiary/aromatic N) is 2. The van der Waals surface area contributed by atoms with Gasteiger partial charge in [0.2, 0.25) is 0 Å². The highest BCUT2D eigenvalue weighted by Gasteiger charge is 2.46. The van der Waals surface area contributed by atoms with E-state index < -0.39 is 17.7 Å². The first-order valence-corrected chi connectivity index (χ1v) is 9.55. The number of aliphatic hydroxyl groups is 1. The van der Waals surface area contributed by atoms with Crippen LogP contribution in [0.5, 0.6) is 0 Å². The van der Waals surface area contributed by atoms with E-state index in [-0.39, 0.29) is 23.7 Å².